The number of H-pyrrole nitrogens is 1. The van der Waals surface area contributed by atoms with Crippen LogP contribution in [-0.2, 0) is 14.8 Å². The van der Waals surface area contributed by atoms with Gasteiger partial charge in [0.2, 0.25) is 10.0 Å². The van der Waals surface area contributed by atoms with E-state index in [1.165, 1.54) is 10.4 Å². The third-order valence-electron chi connectivity index (χ3n) is 5.72. The number of amides is 1. The first-order valence-corrected chi connectivity index (χ1v) is 13.7. The number of imidazole rings is 1. The van der Waals surface area contributed by atoms with Crippen molar-refractivity contribution in [3.05, 3.63) is 59.4 Å². The van der Waals surface area contributed by atoms with E-state index >= 15 is 0 Å². The summed E-state index contributed by atoms with van der Waals surface area (Å²) in [7, 11) is -3.70. The quantitative estimate of drug-likeness (QED) is 0.505. The number of carbonyl (C=O) groups is 1. The lowest BCUT2D eigenvalue weighted by Crippen LogP contribution is -2.40. The molecule has 1 saturated heterocycles. The van der Waals surface area contributed by atoms with Crippen LogP contribution in [0.2, 0.25) is 0 Å². The van der Waals surface area contributed by atoms with Gasteiger partial charge in [0.1, 0.15) is 5.82 Å². The predicted molar refractivity (Wildman–Crippen MR) is 130 cm³/mol. The number of rotatable bonds is 8. The molecule has 0 aliphatic carbocycles. The van der Waals surface area contributed by atoms with Crippen molar-refractivity contribution in [1.29, 1.82) is 0 Å². The third kappa shape index (κ3) is 5.24. The van der Waals surface area contributed by atoms with Crippen molar-refractivity contribution in [1.82, 2.24) is 19.6 Å². The topological polar surface area (TPSA) is 104 Å². The Bertz CT molecular complexity index is 1200. The van der Waals surface area contributed by atoms with Gasteiger partial charge in [0, 0.05) is 18.7 Å². The van der Waals surface area contributed by atoms with Crippen molar-refractivity contribution < 1.29 is 17.9 Å². The van der Waals surface area contributed by atoms with Gasteiger partial charge in [-0.3, -0.25) is 4.79 Å². The van der Waals surface area contributed by atoms with E-state index in [1.807, 2.05) is 30.5 Å². The average Bonchev–Trinajstić information content (AvgIpc) is 3.26. The highest BCUT2D eigenvalue weighted by Crippen LogP contribution is 2.23. The summed E-state index contributed by atoms with van der Waals surface area (Å²) in [4.78, 5) is 21.4. The number of thioether (sulfide) groups is 1. The Hall–Kier alpha value is -2.40. The molecule has 0 radical (unpaired) electrons. The largest absolute Gasteiger partial charge is 0.379 e. The van der Waals surface area contributed by atoms with Crippen molar-refractivity contribution in [2.75, 3.05) is 38.3 Å². The fourth-order valence-corrected chi connectivity index (χ4v) is 5.73. The monoisotopic (exact) mass is 488 g/mol. The van der Waals surface area contributed by atoms with Crippen molar-refractivity contribution in [3.63, 3.8) is 0 Å². The number of aromatic nitrogens is 2. The molecule has 0 spiro atoms. The molecule has 10 heteroatoms. The van der Waals surface area contributed by atoms with E-state index < -0.39 is 10.0 Å². The molecule has 2 aromatic carbocycles. The van der Waals surface area contributed by atoms with Gasteiger partial charge in [0.15, 0.2) is 0 Å². The number of aryl methyl sites for hydroxylation is 1. The Morgan fingerprint density at radius 3 is 2.73 bits per heavy atom. The zero-order valence-corrected chi connectivity index (χ0v) is 20.3. The first-order chi connectivity index (χ1) is 15.9. The first-order valence-electron chi connectivity index (χ1n) is 10.8. The Morgan fingerprint density at radius 2 is 2.00 bits per heavy atom. The summed E-state index contributed by atoms with van der Waals surface area (Å²) in [5, 5.41) is 3.07. The Balaban J connectivity index is 1.60. The number of benzene rings is 2. The number of morpholine rings is 1. The molecule has 3 aromatic rings. The van der Waals surface area contributed by atoms with E-state index in [4.69, 9.17) is 4.74 Å². The summed E-state index contributed by atoms with van der Waals surface area (Å²) in [5.74, 6) is 1.21. The van der Waals surface area contributed by atoms with E-state index in [1.54, 1.807) is 30.8 Å². The van der Waals surface area contributed by atoms with E-state index in [9.17, 15) is 13.2 Å². The fourth-order valence-electron chi connectivity index (χ4n) is 3.83. The van der Waals surface area contributed by atoms with Crippen molar-refractivity contribution >= 4 is 38.7 Å². The summed E-state index contributed by atoms with van der Waals surface area (Å²) in [6.45, 7) is 3.15. The van der Waals surface area contributed by atoms with Crippen molar-refractivity contribution in [2.45, 2.75) is 24.3 Å². The molecule has 1 aliphatic rings. The van der Waals surface area contributed by atoms with E-state index in [0.29, 0.717) is 49.7 Å². The number of hydrogen-bond acceptors (Lipinski definition) is 6. The zero-order chi connectivity index (χ0) is 23.4. The number of sulfonamides is 1. The highest BCUT2D eigenvalue weighted by molar-refractivity contribution is 7.98. The minimum absolute atomic E-state index is 0.115. The molecule has 0 unspecified atom stereocenters. The van der Waals surface area contributed by atoms with Gasteiger partial charge in [-0.2, -0.15) is 16.1 Å². The molecule has 0 bridgehead atoms. The van der Waals surface area contributed by atoms with Crippen LogP contribution >= 0.6 is 11.8 Å². The van der Waals surface area contributed by atoms with Crippen LogP contribution in [0.15, 0.2) is 47.4 Å². The van der Waals surface area contributed by atoms with Gasteiger partial charge in [0.25, 0.3) is 5.91 Å². The van der Waals surface area contributed by atoms with Crippen molar-refractivity contribution in [3.8, 4) is 0 Å². The van der Waals surface area contributed by atoms with Gasteiger partial charge in [-0.25, -0.2) is 13.4 Å². The second-order valence-corrected chi connectivity index (χ2v) is 10.9. The van der Waals surface area contributed by atoms with Gasteiger partial charge in [0.05, 0.1) is 35.2 Å². The molecular weight excluding hydrogens is 460 g/mol. The third-order valence-corrected chi connectivity index (χ3v) is 8.25. The lowest BCUT2D eigenvalue weighted by Gasteiger charge is -2.26. The Labute approximate surface area is 198 Å². The number of ether oxygens (including phenoxy) is 1. The van der Waals surface area contributed by atoms with E-state index in [2.05, 4.69) is 15.3 Å². The molecule has 4 rings (SSSR count). The standard InChI is InChI=1S/C23H28N4O4S2/c1-16-7-8-17(33(29,30)27-10-12-31-13-11-27)15-18(16)23(28)26-21(9-14-32-2)22-24-19-5-3-4-6-20(19)25-22/h3-8,15,21H,9-14H2,1-2H3,(H,24,25)(H,26,28)/t21-/m0/s1. The smallest absolute Gasteiger partial charge is 0.252 e. The number of fused-ring (bicyclic) bond motifs is 1. The van der Waals surface area contributed by atoms with Gasteiger partial charge >= 0.3 is 0 Å². The number of hydrogen-bond donors (Lipinski definition) is 2. The number of nitrogens with one attached hydrogen (secondary N) is 2. The molecule has 1 atom stereocenters. The van der Waals surface area contributed by atoms with Crippen LogP contribution in [0.25, 0.3) is 11.0 Å². The molecule has 2 heterocycles. The lowest BCUT2D eigenvalue weighted by molar-refractivity contribution is 0.0730. The number of para-hydroxylation sites is 2. The highest BCUT2D eigenvalue weighted by Gasteiger charge is 2.28. The van der Waals surface area contributed by atoms with Crippen LogP contribution in [0, 0.1) is 6.92 Å². The van der Waals surface area contributed by atoms with E-state index in [0.717, 1.165) is 16.8 Å². The summed E-state index contributed by atoms with van der Waals surface area (Å²) >= 11 is 1.69. The molecule has 1 amide bonds. The van der Waals surface area contributed by atoms with Crippen LogP contribution in [0.5, 0.6) is 0 Å². The SMILES string of the molecule is CSCC[C@H](NC(=O)c1cc(S(=O)(=O)N2CCOCC2)ccc1C)c1nc2ccccc2[nH]1. The first kappa shape index (κ1) is 23.7. The Kier molecular flexibility index (Phi) is 7.38. The van der Waals surface area contributed by atoms with Crippen LogP contribution in [-0.4, -0.2) is 66.9 Å². The van der Waals surface area contributed by atoms with E-state index in [-0.39, 0.29) is 16.8 Å². The second kappa shape index (κ2) is 10.3. The molecule has 1 aromatic heterocycles. The maximum Gasteiger partial charge on any atom is 0.252 e. The minimum Gasteiger partial charge on any atom is -0.379 e. The maximum atomic E-state index is 13.3. The summed E-state index contributed by atoms with van der Waals surface area (Å²) < 4.78 is 32.8. The normalized spacial score (nSPS) is 16.1. The summed E-state index contributed by atoms with van der Waals surface area (Å²) in [5.41, 5.74) is 2.80. The fraction of sp³-hybridized carbons (Fsp3) is 0.391. The summed E-state index contributed by atoms with van der Waals surface area (Å²) in [6, 6.07) is 12.1. The molecule has 1 aliphatic heterocycles. The maximum absolute atomic E-state index is 13.3. The molecule has 0 saturated carbocycles. The molecule has 33 heavy (non-hydrogen) atoms. The van der Waals surface area contributed by atoms with Crippen molar-refractivity contribution in [2.24, 2.45) is 0 Å². The molecule has 176 valence electrons. The minimum atomic E-state index is -3.70. The zero-order valence-electron chi connectivity index (χ0n) is 18.7. The number of carbonyl (C=O) groups excluding carboxylic acids is 1. The predicted octanol–water partition coefficient (Wildman–Crippen LogP) is 3.12. The lowest BCUT2D eigenvalue weighted by atomic mass is 10.1. The highest BCUT2D eigenvalue weighted by atomic mass is 32.2. The number of aromatic amines is 1. The van der Waals surface area contributed by atoms with Crippen LogP contribution in [0.1, 0.15) is 34.2 Å². The van der Waals surface area contributed by atoms with Crippen LogP contribution in [0.4, 0.5) is 0 Å². The molecule has 1 fully saturated rings. The molecular formula is C23H28N4O4S2. The summed E-state index contributed by atoms with van der Waals surface area (Å²) in [6.07, 6.45) is 2.71. The average molecular weight is 489 g/mol. The van der Waals surface area contributed by atoms with Gasteiger partial charge in [-0.05, 0) is 55.2 Å². The van der Waals surface area contributed by atoms with Gasteiger partial charge in [-0.15, -0.1) is 0 Å². The number of nitrogens with zero attached hydrogens (tertiary/aromatic N) is 2. The Morgan fingerprint density at radius 1 is 1.24 bits per heavy atom. The molecule has 2 N–H and O–H groups in total. The van der Waals surface area contributed by atoms with Crippen LogP contribution in [0.3, 0.4) is 0 Å². The van der Waals surface area contributed by atoms with Crippen LogP contribution < -0.4 is 5.32 Å². The van der Waals surface area contributed by atoms with Gasteiger partial charge < -0.3 is 15.0 Å². The molecule has 8 nitrogen and oxygen atoms in total. The second-order valence-electron chi connectivity index (χ2n) is 7.94. The van der Waals surface area contributed by atoms with Gasteiger partial charge in [-0.1, -0.05) is 18.2 Å².